The molecule has 0 aliphatic carbocycles. The minimum absolute atomic E-state index is 0.0112. The number of carbonyl (C=O) groups is 1. The third-order valence-corrected chi connectivity index (χ3v) is 2.89. The van der Waals surface area contributed by atoms with E-state index in [4.69, 9.17) is 9.47 Å². The lowest BCUT2D eigenvalue weighted by Gasteiger charge is -2.15. The fourth-order valence-corrected chi connectivity index (χ4v) is 1.91. The van der Waals surface area contributed by atoms with Crippen LogP contribution >= 0.6 is 0 Å². The molecule has 1 aliphatic heterocycles. The Morgan fingerprint density at radius 1 is 1.65 bits per heavy atom. The van der Waals surface area contributed by atoms with Crippen LogP contribution in [0, 0.1) is 5.82 Å². The van der Waals surface area contributed by atoms with Gasteiger partial charge in [0.05, 0.1) is 12.3 Å². The summed E-state index contributed by atoms with van der Waals surface area (Å²) in [5.74, 6) is -1.66. The van der Waals surface area contributed by atoms with E-state index in [0.717, 1.165) is 4.57 Å². The first-order valence-electron chi connectivity index (χ1n) is 5.86. The second kappa shape index (κ2) is 5.55. The van der Waals surface area contributed by atoms with E-state index in [1.165, 1.54) is 6.92 Å². The largest absolute Gasteiger partial charge is 0.463 e. The van der Waals surface area contributed by atoms with E-state index in [1.807, 2.05) is 0 Å². The number of nitrogens with zero attached hydrogens (tertiary/aromatic N) is 1. The molecule has 8 nitrogen and oxygen atoms in total. The fraction of sp³-hybridized carbons (Fsp3) is 0.545. The van der Waals surface area contributed by atoms with Crippen LogP contribution in [0.15, 0.2) is 15.8 Å². The molecule has 0 bridgehead atoms. The van der Waals surface area contributed by atoms with Crippen LogP contribution < -0.4 is 11.2 Å². The van der Waals surface area contributed by atoms with Gasteiger partial charge in [0.2, 0.25) is 5.82 Å². The molecule has 2 N–H and O–H groups in total. The minimum atomic E-state index is -1.13. The molecule has 0 aromatic carbocycles. The van der Waals surface area contributed by atoms with Crippen molar-refractivity contribution in [3.63, 3.8) is 0 Å². The Morgan fingerprint density at radius 3 is 3.00 bits per heavy atom. The van der Waals surface area contributed by atoms with Gasteiger partial charge in [-0.3, -0.25) is 19.1 Å². The quantitative estimate of drug-likeness (QED) is 0.682. The fourth-order valence-electron chi connectivity index (χ4n) is 1.91. The third kappa shape index (κ3) is 2.94. The summed E-state index contributed by atoms with van der Waals surface area (Å²) >= 11 is 0. The maximum atomic E-state index is 13.2. The molecule has 1 aliphatic rings. The van der Waals surface area contributed by atoms with Gasteiger partial charge in [0.25, 0.3) is 5.56 Å². The van der Waals surface area contributed by atoms with E-state index < -0.39 is 41.5 Å². The van der Waals surface area contributed by atoms with Crippen LogP contribution in [0.5, 0.6) is 0 Å². The van der Waals surface area contributed by atoms with Crippen LogP contribution in [-0.2, 0) is 14.3 Å². The number of aromatic amines is 1. The summed E-state index contributed by atoms with van der Waals surface area (Å²) in [4.78, 5) is 35.0. The molecule has 3 atom stereocenters. The van der Waals surface area contributed by atoms with Crippen LogP contribution in [0.2, 0.25) is 0 Å². The number of halogens is 1. The Morgan fingerprint density at radius 2 is 2.35 bits per heavy atom. The number of esters is 1. The number of nitrogens with one attached hydrogen (secondary N) is 1. The number of aromatic nitrogens is 2. The molecular weight excluding hydrogens is 275 g/mol. The Labute approximate surface area is 111 Å². The van der Waals surface area contributed by atoms with Crippen molar-refractivity contribution in [2.45, 2.75) is 31.8 Å². The van der Waals surface area contributed by atoms with Crippen LogP contribution in [0.3, 0.4) is 0 Å². The first kappa shape index (κ1) is 14.4. The highest BCUT2D eigenvalue weighted by atomic mass is 19.1. The first-order valence-corrected chi connectivity index (χ1v) is 5.86. The molecule has 2 rings (SSSR count). The summed E-state index contributed by atoms with van der Waals surface area (Å²) in [6, 6.07) is 0. The number of ether oxygens (including phenoxy) is 2. The molecule has 0 amide bonds. The molecule has 1 aromatic rings. The zero-order chi connectivity index (χ0) is 14.9. The molecule has 0 spiro atoms. The number of aliphatic hydroxyl groups is 1. The van der Waals surface area contributed by atoms with Gasteiger partial charge in [-0.05, 0) is 0 Å². The van der Waals surface area contributed by atoms with Gasteiger partial charge in [0.1, 0.15) is 18.9 Å². The molecule has 20 heavy (non-hydrogen) atoms. The highest BCUT2D eigenvalue weighted by Crippen LogP contribution is 2.27. The Kier molecular flexibility index (Phi) is 4.00. The average molecular weight is 288 g/mol. The summed E-state index contributed by atoms with van der Waals surface area (Å²) < 4.78 is 24.1. The van der Waals surface area contributed by atoms with E-state index in [9.17, 15) is 23.9 Å². The van der Waals surface area contributed by atoms with E-state index in [2.05, 4.69) is 0 Å². The lowest BCUT2D eigenvalue weighted by molar-refractivity contribution is -0.147. The van der Waals surface area contributed by atoms with Gasteiger partial charge < -0.3 is 14.6 Å². The SMILES string of the molecule is CC(=O)OC[C@@H]1O[C@H](n2cc(F)c(=O)[nH]c2=O)C[C@H]1O. The van der Waals surface area contributed by atoms with Crippen molar-refractivity contribution in [2.24, 2.45) is 0 Å². The number of H-pyrrole nitrogens is 1. The van der Waals surface area contributed by atoms with E-state index in [-0.39, 0.29) is 13.0 Å². The number of rotatable bonds is 3. The number of hydrogen-bond donors (Lipinski definition) is 2. The van der Waals surface area contributed by atoms with Gasteiger partial charge in [-0.25, -0.2) is 4.79 Å². The molecule has 1 fully saturated rings. The average Bonchev–Trinajstić information content (AvgIpc) is 2.72. The first-order chi connectivity index (χ1) is 9.38. The molecule has 2 heterocycles. The number of aliphatic hydroxyl groups excluding tert-OH is 1. The van der Waals surface area contributed by atoms with Crippen molar-refractivity contribution < 1.29 is 23.8 Å². The topological polar surface area (TPSA) is 111 Å². The van der Waals surface area contributed by atoms with E-state index in [1.54, 1.807) is 4.98 Å². The lowest BCUT2D eigenvalue weighted by Crippen LogP contribution is -2.34. The molecule has 0 radical (unpaired) electrons. The Hall–Kier alpha value is -2.00. The van der Waals surface area contributed by atoms with Crippen LogP contribution in [0.25, 0.3) is 0 Å². The van der Waals surface area contributed by atoms with Gasteiger partial charge >= 0.3 is 11.7 Å². The Bertz CT molecular complexity index is 624. The molecular formula is C11H13FN2O6. The third-order valence-electron chi connectivity index (χ3n) is 2.89. The van der Waals surface area contributed by atoms with Gasteiger partial charge in [-0.2, -0.15) is 4.39 Å². The summed E-state index contributed by atoms with van der Waals surface area (Å²) in [5.41, 5.74) is -1.97. The van der Waals surface area contributed by atoms with Crippen LogP contribution in [-0.4, -0.2) is 39.4 Å². The Balaban J connectivity index is 2.16. The van der Waals surface area contributed by atoms with Crippen molar-refractivity contribution in [3.05, 3.63) is 32.9 Å². The van der Waals surface area contributed by atoms with Crippen LogP contribution in [0.4, 0.5) is 4.39 Å². The van der Waals surface area contributed by atoms with Gasteiger partial charge in [0, 0.05) is 13.3 Å². The number of hydrogen-bond acceptors (Lipinski definition) is 6. The van der Waals surface area contributed by atoms with Crippen molar-refractivity contribution in [3.8, 4) is 0 Å². The van der Waals surface area contributed by atoms with Crippen molar-refractivity contribution in [1.29, 1.82) is 0 Å². The second-order valence-corrected chi connectivity index (χ2v) is 4.38. The highest BCUT2D eigenvalue weighted by Gasteiger charge is 2.36. The molecule has 0 saturated carbocycles. The zero-order valence-corrected chi connectivity index (χ0v) is 10.5. The van der Waals surface area contributed by atoms with Crippen molar-refractivity contribution in [1.82, 2.24) is 9.55 Å². The van der Waals surface area contributed by atoms with Gasteiger partial charge in [-0.1, -0.05) is 0 Å². The standard InChI is InChI=1S/C11H13FN2O6/c1-5(15)19-4-8-7(16)2-9(20-8)14-3-6(12)10(17)13-11(14)18/h3,7-9,16H,2,4H2,1H3,(H,13,17,18)/t7-,8+,9+/m1/s1. The normalized spacial score (nSPS) is 25.6. The summed E-state index contributed by atoms with van der Waals surface area (Å²) in [6.45, 7) is 1.04. The monoisotopic (exact) mass is 288 g/mol. The van der Waals surface area contributed by atoms with Gasteiger partial charge in [0.15, 0.2) is 0 Å². The van der Waals surface area contributed by atoms with E-state index in [0.29, 0.717) is 6.20 Å². The highest BCUT2D eigenvalue weighted by molar-refractivity contribution is 5.65. The van der Waals surface area contributed by atoms with Gasteiger partial charge in [-0.15, -0.1) is 0 Å². The number of carbonyl (C=O) groups excluding carboxylic acids is 1. The second-order valence-electron chi connectivity index (χ2n) is 4.38. The summed E-state index contributed by atoms with van der Waals surface area (Å²) in [6.07, 6.45) is -2.00. The minimum Gasteiger partial charge on any atom is -0.463 e. The van der Waals surface area contributed by atoms with Crippen molar-refractivity contribution in [2.75, 3.05) is 6.61 Å². The molecule has 9 heteroatoms. The predicted octanol–water partition coefficient (Wildman–Crippen LogP) is -1.11. The predicted molar refractivity (Wildman–Crippen MR) is 62.4 cm³/mol. The molecule has 1 aromatic heterocycles. The molecule has 110 valence electrons. The summed E-state index contributed by atoms with van der Waals surface area (Å²) in [5, 5.41) is 9.75. The molecule has 0 unspecified atom stereocenters. The maximum absolute atomic E-state index is 13.2. The molecule has 1 saturated heterocycles. The van der Waals surface area contributed by atoms with Crippen molar-refractivity contribution >= 4 is 5.97 Å². The summed E-state index contributed by atoms with van der Waals surface area (Å²) in [7, 11) is 0. The maximum Gasteiger partial charge on any atom is 0.330 e. The zero-order valence-electron chi connectivity index (χ0n) is 10.5. The van der Waals surface area contributed by atoms with Crippen LogP contribution in [0.1, 0.15) is 19.6 Å². The lowest BCUT2D eigenvalue weighted by atomic mass is 10.2. The smallest absolute Gasteiger partial charge is 0.330 e. The van der Waals surface area contributed by atoms with E-state index >= 15 is 0 Å².